The average molecular weight is 330 g/mol. The van der Waals surface area contributed by atoms with Gasteiger partial charge in [0.15, 0.2) is 0 Å². The third-order valence-corrected chi connectivity index (χ3v) is 3.88. The van der Waals surface area contributed by atoms with E-state index in [-0.39, 0.29) is 4.83 Å². The molecule has 0 N–H and O–H groups in total. The van der Waals surface area contributed by atoms with Gasteiger partial charge in [-0.15, -0.1) is 0 Å². The second-order valence-electron chi connectivity index (χ2n) is 3.85. The maximum Gasteiger partial charge on any atom is 0.0435 e. The maximum absolute atomic E-state index is 5.96. The van der Waals surface area contributed by atoms with Gasteiger partial charge in [-0.3, -0.25) is 0 Å². The second kappa shape index (κ2) is 5.90. The van der Waals surface area contributed by atoms with E-state index in [0.29, 0.717) is 0 Å². The highest BCUT2D eigenvalue weighted by Crippen LogP contribution is 2.28. The van der Waals surface area contributed by atoms with Crippen LogP contribution in [0.2, 0.25) is 10.0 Å². The first-order chi connectivity index (χ1) is 8.15. The fourth-order valence-corrected chi connectivity index (χ4v) is 2.68. The Morgan fingerprint density at radius 1 is 0.941 bits per heavy atom. The van der Waals surface area contributed by atoms with Crippen molar-refractivity contribution in [2.45, 2.75) is 11.2 Å². The first-order valence-corrected chi connectivity index (χ1v) is 6.96. The van der Waals surface area contributed by atoms with Gasteiger partial charge in [0.1, 0.15) is 0 Å². The van der Waals surface area contributed by atoms with Crippen LogP contribution in [-0.2, 0) is 6.42 Å². The molecular formula is C14H11BrCl2. The summed E-state index contributed by atoms with van der Waals surface area (Å²) in [5, 5.41) is 1.54. The van der Waals surface area contributed by atoms with Crippen LogP contribution in [-0.4, -0.2) is 0 Å². The maximum atomic E-state index is 5.96. The molecule has 1 atom stereocenters. The third kappa shape index (κ3) is 3.74. The normalized spacial score (nSPS) is 12.4. The molecule has 2 aromatic carbocycles. The van der Waals surface area contributed by atoms with Gasteiger partial charge in [0.25, 0.3) is 0 Å². The van der Waals surface area contributed by atoms with Crippen molar-refractivity contribution in [1.29, 1.82) is 0 Å². The lowest BCUT2D eigenvalue weighted by Crippen LogP contribution is -1.95. The summed E-state index contributed by atoms with van der Waals surface area (Å²) >= 11 is 15.5. The average Bonchev–Trinajstić information content (AvgIpc) is 2.29. The Morgan fingerprint density at radius 2 is 1.65 bits per heavy atom. The lowest BCUT2D eigenvalue weighted by atomic mass is 10.0. The predicted octanol–water partition coefficient (Wildman–Crippen LogP) is 5.67. The van der Waals surface area contributed by atoms with Crippen molar-refractivity contribution in [2.75, 3.05) is 0 Å². The number of alkyl halides is 1. The molecule has 0 aliphatic carbocycles. The van der Waals surface area contributed by atoms with E-state index in [2.05, 4.69) is 22.0 Å². The van der Waals surface area contributed by atoms with Gasteiger partial charge < -0.3 is 0 Å². The van der Waals surface area contributed by atoms with E-state index in [4.69, 9.17) is 23.2 Å². The van der Waals surface area contributed by atoms with Crippen molar-refractivity contribution in [3.63, 3.8) is 0 Å². The van der Waals surface area contributed by atoms with Crippen molar-refractivity contribution in [3.8, 4) is 0 Å². The summed E-state index contributed by atoms with van der Waals surface area (Å²) in [4.78, 5) is 0.276. The molecule has 0 nitrogen and oxygen atoms in total. The monoisotopic (exact) mass is 328 g/mol. The molecule has 0 spiro atoms. The van der Waals surface area contributed by atoms with Gasteiger partial charge in [-0.05, 0) is 41.8 Å². The Labute approximate surface area is 120 Å². The van der Waals surface area contributed by atoms with Crippen molar-refractivity contribution >= 4 is 39.1 Å². The number of hydrogen-bond acceptors (Lipinski definition) is 0. The summed E-state index contributed by atoms with van der Waals surface area (Å²) < 4.78 is 0. The van der Waals surface area contributed by atoms with Crippen molar-refractivity contribution in [3.05, 3.63) is 69.7 Å². The zero-order valence-corrected chi connectivity index (χ0v) is 12.1. The van der Waals surface area contributed by atoms with E-state index in [9.17, 15) is 0 Å². The number of halogens is 3. The summed E-state index contributed by atoms with van der Waals surface area (Å²) in [6, 6.07) is 15.8. The van der Waals surface area contributed by atoms with Gasteiger partial charge in [-0.25, -0.2) is 0 Å². The molecule has 3 heteroatoms. The van der Waals surface area contributed by atoms with E-state index >= 15 is 0 Å². The van der Waals surface area contributed by atoms with Gasteiger partial charge in [0.2, 0.25) is 0 Å². The fourth-order valence-electron chi connectivity index (χ4n) is 1.66. The Hall–Kier alpha value is -0.500. The molecular weight excluding hydrogens is 319 g/mol. The highest BCUT2D eigenvalue weighted by molar-refractivity contribution is 9.09. The fraction of sp³-hybridized carbons (Fsp3) is 0.143. The van der Waals surface area contributed by atoms with Gasteiger partial charge in [0, 0.05) is 14.9 Å². The number of benzene rings is 2. The number of rotatable bonds is 3. The molecule has 2 aromatic rings. The first kappa shape index (κ1) is 12.9. The van der Waals surface area contributed by atoms with E-state index in [0.717, 1.165) is 16.5 Å². The molecule has 0 saturated carbocycles. The Bertz CT molecular complexity index is 494. The van der Waals surface area contributed by atoms with Crippen LogP contribution in [0.4, 0.5) is 0 Å². The summed E-state index contributed by atoms with van der Waals surface area (Å²) in [5.41, 5.74) is 2.43. The molecule has 88 valence electrons. The summed E-state index contributed by atoms with van der Waals surface area (Å²) in [6.07, 6.45) is 0.905. The minimum Gasteiger partial charge on any atom is -0.0843 e. The van der Waals surface area contributed by atoms with E-state index in [1.54, 1.807) is 0 Å². The van der Waals surface area contributed by atoms with Crippen LogP contribution < -0.4 is 0 Å². The molecule has 2 rings (SSSR count). The molecule has 0 heterocycles. The standard InChI is InChI=1S/C14H11BrCl2/c15-14(11-4-6-12(16)7-5-11)9-10-2-1-3-13(17)8-10/h1-8,14H,9H2. The third-order valence-electron chi connectivity index (χ3n) is 2.54. The number of hydrogen-bond donors (Lipinski definition) is 0. The molecule has 0 amide bonds. The largest absolute Gasteiger partial charge is 0.0843 e. The highest BCUT2D eigenvalue weighted by atomic mass is 79.9. The summed E-state index contributed by atoms with van der Waals surface area (Å²) in [7, 11) is 0. The topological polar surface area (TPSA) is 0 Å². The molecule has 0 fully saturated rings. The molecule has 0 aliphatic rings. The Morgan fingerprint density at radius 3 is 2.29 bits per heavy atom. The summed E-state index contributed by atoms with van der Waals surface area (Å²) in [5.74, 6) is 0. The van der Waals surface area contributed by atoms with Crippen molar-refractivity contribution < 1.29 is 0 Å². The predicted molar refractivity (Wildman–Crippen MR) is 78.3 cm³/mol. The van der Waals surface area contributed by atoms with Crippen molar-refractivity contribution in [2.24, 2.45) is 0 Å². The van der Waals surface area contributed by atoms with Gasteiger partial charge in [-0.2, -0.15) is 0 Å². The van der Waals surface area contributed by atoms with Crippen LogP contribution in [0.15, 0.2) is 48.5 Å². The van der Waals surface area contributed by atoms with Gasteiger partial charge >= 0.3 is 0 Å². The summed E-state index contributed by atoms with van der Waals surface area (Å²) in [6.45, 7) is 0. The van der Waals surface area contributed by atoms with Crippen LogP contribution in [0.5, 0.6) is 0 Å². The lowest BCUT2D eigenvalue weighted by molar-refractivity contribution is 0.949. The lowest BCUT2D eigenvalue weighted by Gasteiger charge is -2.10. The molecule has 1 unspecified atom stereocenters. The van der Waals surface area contributed by atoms with Crippen LogP contribution in [0.1, 0.15) is 16.0 Å². The molecule has 0 aromatic heterocycles. The van der Waals surface area contributed by atoms with Crippen LogP contribution >= 0.6 is 39.1 Å². The molecule has 17 heavy (non-hydrogen) atoms. The van der Waals surface area contributed by atoms with E-state index in [1.165, 1.54) is 11.1 Å². The quantitative estimate of drug-likeness (QED) is 0.636. The van der Waals surface area contributed by atoms with Gasteiger partial charge in [-0.1, -0.05) is 63.4 Å². The SMILES string of the molecule is Clc1ccc(C(Br)Cc2cccc(Cl)c2)cc1. The van der Waals surface area contributed by atoms with Gasteiger partial charge in [0.05, 0.1) is 0 Å². The van der Waals surface area contributed by atoms with Crippen LogP contribution in [0, 0.1) is 0 Å². The first-order valence-electron chi connectivity index (χ1n) is 5.29. The zero-order valence-electron chi connectivity index (χ0n) is 9.04. The Balaban J connectivity index is 2.11. The molecule has 0 radical (unpaired) electrons. The zero-order chi connectivity index (χ0) is 12.3. The van der Waals surface area contributed by atoms with Crippen LogP contribution in [0.25, 0.3) is 0 Å². The van der Waals surface area contributed by atoms with E-state index in [1.807, 2.05) is 42.5 Å². The minimum atomic E-state index is 0.276. The smallest absolute Gasteiger partial charge is 0.0435 e. The van der Waals surface area contributed by atoms with Crippen LogP contribution in [0.3, 0.4) is 0 Å². The molecule has 0 saturated heterocycles. The second-order valence-corrected chi connectivity index (χ2v) is 5.83. The Kier molecular flexibility index (Phi) is 4.49. The molecule has 0 aliphatic heterocycles. The van der Waals surface area contributed by atoms with E-state index < -0.39 is 0 Å². The highest BCUT2D eigenvalue weighted by Gasteiger charge is 2.08. The minimum absolute atomic E-state index is 0.276. The van der Waals surface area contributed by atoms with Crippen molar-refractivity contribution in [1.82, 2.24) is 0 Å². The molecule has 0 bridgehead atoms.